The summed E-state index contributed by atoms with van der Waals surface area (Å²) in [7, 11) is 0. The minimum absolute atomic E-state index is 0.713. The summed E-state index contributed by atoms with van der Waals surface area (Å²) in [5.41, 5.74) is 1.10. The van der Waals surface area contributed by atoms with Gasteiger partial charge in [0.05, 0.1) is 10.7 Å². The molecule has 17 heavy (non-hydrogen) atoms. The van der Waals surface area contributed by atoms with E-state index in [9.17, 15) is 0 Å². The van der Waals surface area contributed by atoms with Crippen molar-refractivity contribution >= 4 is 39.6 Å². The molecular weight excluding hydrogens is 272 g/mol. The fourth-order valence-corrected chi connectivity index (χ4v) is 3.48. The van der Waals surface area contributed by atoms with Crippen molar-refractivity contribution in [3.8, 4) is 0 Å². The zero-order valence-electron chi connectivity index (χ0n) is 9.34. The molecule has 0 saturated heterocycles. The predicted octanol–water partition coefficient (Wildman–Crippen LogP) is 3.19. The minimum atomic E-state index is 0.713. The van der Waals surface area contributed by atoms with Gasteiger partial charge in [-0.2, -0.15) is 0 Å². The molecule has 0 unspecified atom stereocenters. The van der Waals surface area contributed by atoms with Crippen LogP contribution in [-0.4, -0.2) is 21.7 Å². The van der Waals surface area contributed by atoms with Crippen molar-refractivity contribution in [1.82, 2.24) is 15.2 Å². The Bertz CT molecular complexity index is 491. The Kier molecular flexibility index (Phi) is 4.52. The first-order valence-corrected chi connectivity index (χ1v) is 7.68. The maximum Gasteiger partial charge on any atom is 0.206 e. The molecule has 0 spiro atoms. The molecule has 1 N–H and O–H groups in total. The molecular formula is C10H12N4S3. The van der Waals surface area contributed by atoms with E-state index in [0.717, 1.165) is 25.9 Å². The summed E-state index contributed by atoms with van der Waals surface area (Å²) < 4.78 is 0.960. The molecule has 0 aromatic carbocycles. The Labute approximate surface area is 112 Å². The summed E-state index contributed by atoms with van der Waals surface area (Å²) >= 11 is 4.90. The van der Waals surface area contributed by atoms with E-state index in [1.165, 1.54) is 0 Å². The number of nitrogens with zero attached hydrogens (tertiary/aromatic N) is 3. The molecule has 4 nitrogen and oxygen atoms in total. The van der Waals surface area contributed by atoms with Crippen molar-refractivity contribution in [1.29, 1.82) is 0 Å². The average Bonchev–Trinajstić information content (AvgIpc) is 2.93. The van der Waals surface area contributed by atoms with Gasteiger partial charge in [-0.25, -0.2) is 4.98 Å². The Morgan fingerprint density at radius 2 is 2.41 bits per heavy atom. The van der Waals surface area contributed by atoms with E-state index < -0.39 is 0 Å². The fraction of sp³-hybridized carbons (Fsp3) is 0.300. The summed E-state index contributed by atoms with van der Waals surface area (Å²) in [4.78, 5) is 4.41. The van der Waals surface area contributed by atoms with Gasteiger partial charge in [0.25, 0.3) is 0 Å². The summed E-state index contributed by atoms with van der Waals surface area (Å²) in [6.45, 7) is 6.37. The first kappa shape index (κ1) is 12.5. The maximum atomic E-state index is 4.41. The van der Waals surface area contributed by atoms with Crippen LogP contribution in [0.5, 0.6) is 0 Å². The van der Waals surface area contributed by atoms with Crippen LogP contribution < -0.4 is 5.32 Å². The lowest BCUT2D eigenvalue weighted by atomic mass is 10.6. The molecule has 0 radical (unpaired) electrons. The molecule has 2 aromatic rings. The molecule has 0 aliphatic rings. The number of aromatic nitrogens is 3. The number of nitrogens with one attached hydrogen (secondary N) is 1. The van der Waals surface area contributed by atoms with Crippen LogP contribution in [0, 0.1) is 6.92 Å². The number of anilines is 1. The van der Waals surface area contributed by atoms with Gasteiger partial charge in [-0.1, -0.05) is 29.2 Å². The normalized spacial score (nSPS) is 10.4. The molecule has 2 rings (SSSR count). The summed E-state index contributed by atoms with van der Waals surface area (Å²) in [6.07, 6.45) is 1.80. The summed E-state index contributed by atoms with van der Waals surface area (Å²) in [6, 6.07) is 0. The van der Waals surface area contributed by atoms with Crippen molar-refractivity contribution in [2.75, 3.05) is 11.9 Å². The van der Waals surface area contributed by atoms with E-state index in [1.54, 1.807) is 40.5 Å². The van der Waals surface area contributed by atoms with Gasteiger partial charge in [-0.05, 0) is 6.92 Å². The minimum Gasteiger partial charge on any atom is -0.357 e. The Balaban J connectivity index is 1.86. The molecule has 7 heteroatoms. The average molecular weight is 284 g/mol. The van der Waals surface area contributed by atoms with Crippen LogP contribution in [0.3, 0.4) is 0 Å². The van der Waals surface area contributed by atoms with Crippen molar-refractivity contribution in [2.24, 2.45) is 0 Å². The highest BCUT2D eigenvalue weighted by atomic mass is 32.2. The topological polar surface area (TPSA) is 50.7 Å². The number of hydrogen-bond donors (Lipinski definition) is 1. The number of thiazole rings is 1. The van der Waals surface area contributed by atoms with Crippen molar-refractivity contribution in [2.45, 2.75) is 17.0 Å². The SMILES string of the molecule is C=CCNc1nnc(SCc2csc(C)n2)s1. The van der Waals surface area contributed by atoms with Crippen LogP contribution in [0.2, 0.25) is 0 Å². The lowest BCUT2D eigenvalue weighted by Gasteiger charge is -1.93. The van der Waals surface area contributed by atoms with Crippen molar-refractivity contribution in [3.05, 3.63) is 28.7 Å². The Hall–Kier alpha value is -0.920. The van der Waals surface area contributed by atoms with E-state index in [2.05, 4.69) is 32.5 Å². The zero-order valence-corrected chi connectivity index (χ0v) is 11.8. The second kappa shape index (κ2) is 6.13. The van der Waals surface area contributed by atoms with Gasteiger partial charge in [0.2, 0.25) is 5.13 Å². The molecule has 0 saturated carbocycles. The predicted molar refractivity (Wildman–Crippen MR) is 75.0 cm³/mol. The summed E-state index contributed by atoms with van der Waals surface area (Å²) in [5, 5.41) is 15.3. The standard InChI is InChI=1S/C10H12N4S3/c1-3-4-11-9-13-14-10(17-9)16-6-8-5-15-7(2)12-8/h3,5H,1,4,6H2,2H3,(H,11,13). The first-order chi connectivity index (χ1) is 8.28. The molecule has 0 fully saturated rings. The fourth-order valence-electron chi connectivity index (χ4n) is 1.11. The van der Waals surface area contributed by atoms with Gasteiger partial charge in [0, 0.05) is 17.7 Å². The van der Waals surface area contributed by atoms with E-state index in [4.69, 9.17) is 0 Å². The van der Waals surface area contributed by atoms with Gasteiger partial charge in [-0.3, -0.25) is 0 Å². The molecule has 2 aromatic heterocycles. The zero-order chi connectivity index (χ0) is 12.1. The van der Waals surface area contributed by atoms with Crippen LogP contribution in [0.25, 0.3) is 0 Å². The number of aryl methyl sites for hydroxylation is 1. The van der Waals surface area contributed by atoms with Crippen molar-refractivity contribution in [3.63, 3.8) is 0 Å². The summed E-state index contributed by atoms with van der Waals surface area (Å²) in [5.74, 6) is 0.848. The largest absolute Gasteiger partial charge is 0.357 e. The van der Waals surface area contributed by atoms with Crippen LogP contribution in [-0.2, 0) is 5.75 Å². The van der Waals surface area contributed by atoms with E-state index in [-0.39, 0.29) is 0 Å². The van der Waals surface area contributed by atoms with Gasteiger partial charge in [0.1, 0.15) is 0 Å². The Morgan fingerprint density at radius 1 is 1.53 bits per heavy atom. The van der Waals surface area contributed by atoms with Crippen LogP contribution in [0.4, 0.5) is 5.13 Å². The van der Waals surface area contributed by atoms with E-state index in [0.29, 0.717) is 6.54 Å². The maximum absolute atomic E-state index is 4.41. The molecule has 0 aliphatic carbocycles. The molecule has 0 atom stereocenters. The third-order valence-electron chi connectivity index (χ3n) is 1.81. The van der Waals surface area contributed by atoms with Crippen LogP contribution in [0.1, 0.15) is 10.7 Å². The molecule has 0 bridgehead atoms. The second-order valence-electron chi connectivity index (χ2n) is 3.19. The first-order valence-electron chi connectivity index (χ1n) is 5.00. The lowest BCUT2D eigenvalue weighted by molar-refractivity contribution is 1.01. The number of rotatable bonds is 6. The van der Waals surface area contributed by atoms with Gasteiger partial charge in [0.15, 0.2) is 4.34 Å². The highest BCUT2D eigenvalue weighted by Gasteiger charge is 2.05. The third kappa shape index (κ3) is 3.79. The van der Waals surface area contributed by atoms with Crippen LogP contribution in [0.15, 0.2) is 22.4 Å². The van der Waals surface area contributed by atoms with Crippen molar-refractivity contribution < 1.29 is 0 Å². The molecule has 0 aliphatic heterocycles. The van der Waals surface area contributed by atoms with Gasteiger partial charge in [-0.15, -0.1) is 28.1 Å². The second-order valence-corrected chi connectivity index (χ2v) is 6.45. The van der Waals surface area contributed by atoms with E-state index in [1.807, 2.05) is 6.92 Å². The van der Waals surface area contributed by atoms with Gasteiger partial charge >= 0.3 is 0 Å². The van der Waals surface area contributed by atoms with E-state index >= 15 is 0 Å². The monoisotopic (exact) mass is 284 g/mol. The van der Waals surface area contributed by atoms with Crippen LogP contribution >= 0.6 is 34.4 Å². The van der Waals surface area contributed by atoms with Gasteiger partial charge < -0.3 is 5.32 Å². The number of hydrogen-bond acceptors (Lipinski definition) is 7. The highest BCUT2D eigenvalue weighted by molar-refractivity contribution is 8.00. The smallest absolute Gasteiger partial charge is 0.206 e. The third-order valence-corrected chi connectivity index (χ3v) is 4.68. The quantitative estimate of drug-likeness (QED) is 0.652. The molecule has 2 heterocycles. The highest BCUT2D eigenvalue weighted by Crippen LogP contribution is 2.28. The lowest BCUT2D eigenvalue weighted by Crippen LogP contribution is -1.96. The Morgan fingerprint density at radius 3 is 3.12 bits per heavy atom. The molecule has 0 amide bonds. The molecule has 90 valence electrons. The number of thioether (sulfide) groups is 1.